The minimum Gasteiger partial charge on any atom is -0.355 e. The van der Waals surface area contributed by atoms with E-state index in [2.05, 4.69) is 10.3 Å². The summed E-state index contributed by atoms with van der Waals surface area (Å²) in [7, 11) is 0. The molecular formula is C19H20FN3O2. The van der Waals surface area contributed by atoms with Gasteiger partial charge < -0.3 is 10.2 Å². The zero-order chi connectivity index (χ0) is 17.6. The Morgan fingerprint density at radius 3 is 2.76 bits per heavy atom. The molecule has 0 saturated carbocycles. The molecule has 1 aliphatic rings. The topological polar surface area (TPSA) is 62.3 Å². The highest BCUT2D eigenvalue weighted by atomic mass is 19.1. The summed E-state index contributed by atoms with van der Waals surface area (Å²) in [5.41, 5.74) is 1.56. The first kappa shape index (κ1) is 17.1. The minimum atomic E-state index is -0.352. The number of benzene rings is 1. The van der Waals surface area contributed by atoms with Gasteiger partial charge in [0, 0.05) is 38.4 Å². The smallest absolute Gasteiger partial charge is 0.225 e. The first-order chi connectivity index (χ1) is 12.1. The third kappa shape index (κ3) is 4.41. The molecule has 5 nitrogen and oxygen atoms in total. The number of carbonyl (C=O) groups excluding carboxylic acids is 2. The van der Waals surface area contributed by atoms with Crippen molar-refractivity contribution < 1.29 is 14.0 Å². The number of carbonyl (C=O) groups is 2. The quantitative estimate of drug-likeness (QED) is 0.873. The van der Waals surface area contributed by atoms with E-state index in [1.165, 1.54) is 6.07 Å². The van der Waals surface area contributed by atoms with Gasteiger partial charge in [0.1, 0.15) is 5.82 Å². The number of rotatable bonds is 6. The standard InChI is InChI=1S/C19H20FN3O2/c20-17-4-2-1-3-15(17)7-10-22-19(25)16-11-18(24)23(13-16)12-14-5-8-21-9-6-14/h1-6,8-9,16H,7,10-13H2,(H,22,25)/t16-/m0/s1. The van der Waals surface area contributed by atoms with E-state index in [4.69, 9.17) is 0 Å². The van der Waals surface area contributed by atoms with Crippen molar-refractivity contribution in [2.45, 2.75) is 19.4 Å². The monoisotopic (exact) mass is 341 g/mol. The minimum absolute atomic E-state index is 0.0222. The molecule has 0 spiro atoms. The fraction of sp³-hybridized carbons (Fsp3) is 0.316. The number of nitrogens with zero attached hydrogens (tertiary/aromatic N) is 2. The van der Waals surface area contributed by atoms with Crippen LogP contribution in [0.25, 0.3) is 0 Å². The number of pyridine rings is 1. The molecule has 2 amide bonds. The van der Waals surface area contributed by atoms with Gasteiger partial charge in [-0.2, -0.15) is 0 Å². The van der Waals surface area contributed by atoms with Crippen LogP contribution in [0.15, 0.2) is 48.8 Å². The number of amides is 2. The molecule has 3 rings (SSSR count). The van der Waals surface area contributed by atoms with Crippen LogP contribution in [-0.2, 0) is 22.6 Å². The summed E-state index contributed by atoms with van der Waals surface area (Å²) < 4.78 is 13.6. The highest BCUT2D eigenvalue weighted by Crippen LogP contribution is 2.20. The van der Waals surface area contributed by atoms with Crippen molar-refractivity contribution in [1.29, 1.82) is 0 Å². The molecule has 130 valence electrons. The van der Waals surface area contributed by atoms with E-state index in [-0.39, 0.29) is 30.0 Å². The highest BCUT2D eigenvalue weighted by Gasteiger charge is 2.33. The molecule has 0 bridgehead atoms. The number of hydrogen-bond acceptors (Lipinski definition) is 3. The molecule has 25 heavy (non-hydrogen) atoms. The normalized spacial score (nSPS) is 16.9. The average molecular weight is 341 g/mol. The first-order valence-electron chi connectivity index (χ1n) is 8.31. The van der Waals surface area contributed by atoms with Crippen LogP contribution in [0.5, 0.6) is 0 Å². The van der Waals surface area contributed by atoms with E-state index in [1.807, 2.05) is 12.1 Å². The molecule has 0 radical (unpaired) electrons. The van der Waals surface area contributed by atoms with Gasteiger partial charge in [-0.05, 0) is 35.7 Å². The Kier molecular flexibility index (Phi) is 5.38. The predicted octanol–water partition coefficient (Wildman–Crippen LogP) is 1.93. The second kappa shape index (κ2) is 7.88. The summed E-state index contributed by atoms with van der Waals surface area (Å²) in [6, 6.07) is 10.2. The molecule has 0 unspecified atom stereocenters. The Morgan fingerprint density at radius 1 is 1.24 bits per heavy atom. The molecule has 1 saturated heterocycles. The predicted molar refractivity (Wildman–Crippen MR) is 90.9 cm³/mol. The number of aromatic nitrogens is 1. The van der Waals surface area contributed by atoms with Gasteiger partial charge in [0.15, 0.2) is 0 Å². The van der Waals surface area contributed by atoms with Crippen LogP contribution < -0.4 is 5.32 Å². The van der Waals surface area contributed by atoms with Crippen LogP contribution in [0.2, 0.25) is 0 Å². The molecule has 0 aliphatic carbocycles. The summed E-state index contributed by atoms with van der Waals surface area (Å²) in [4.78, 5) is 30.0. The van der Waals surface area contributed by atoms with Gasteiger partial charge in [0.25, 0.3) is 0 Å². The molecule has 6 heteroatoms. The van der Waals surface area contributed by atoms with Crippen molar-refractivity contribution in [2.75, 3.05) is 13.1 Å². The fourth-order valence-corrected chi connectivity index (χ4v) is 2.98. The molecule has 2 heterocycles. The lowest BCUT2D eigenvalue weighted by Crippen LogP contribution is -2.34. The van der Waals surface area contributed by atoms with E-state index in [9.17, 15) is 14.0 Å². The Labute approximate surface area is 145 Å². The summed E-state index contributed by atoms with van der Waals surface area (Å²) >= 11 is 0. The molecule has 1 aliphatic heterocycles. The van der Waals surface area contributed by atoms with Crippen molar-refractivity contribution in [3.8, 4) is 0 Å². The Hall–Kier alpha value is -2.76. The molecule has 2 aromatic rings. The zero-order valence-corrected chi connectivity index (χ0v) is 13.8. The average Bonchev–Trinajstić information content (AvgIpc) is 2.98. The summed E-state index contributed by atoms with van der Waals surface area (Å²) in [5.74, 6) is -0.792. The van der Waals surface area contributed by atoms with Crippen LogP contribution in [0.4, 0.5) is 4.39 Å². The van der Waals surface area contributed by atoms with E-state index in [0.29, 0.717) is 31.6 Å². The van der Waals surface area contributed by atoms with Crippen LogP contribution >= 0.6 is 0 Å². The largest absolute Gasteiger partial charge is 0.355 e. The molecule has 1 aromatic heterocycles. The van der Waals surface area contributed by atoms with Crippen molar-refractivity contribution >= 4 is 11.8 Å². The second-order valence-corrected chi connectivity index (χ2v) is 6.16. The maximum Gasteiger partial charge on any atom is 0.225 e. The number of likely N-dealkylation sites (tertiary alicyclic amines) is 1. The maximum absolute atomic E-state index is 13.6. The van der Waals surface area contributed by atoms with Gasteiger partial charge in [0.2, 0.25) is 11.8 Å². The molecule has 1 fully saturated rings. The van der Waals surface area contributed by atoms with Crippen LogP contribution in [-0.4, -0.2) is 34.8 Å². The molecule has 1 aromatic carbocycles. The number of hydrogen-bond donors (Lipinski definition) is 1. The third-order valence-electron chi connectivity index (χ3n) is 4.36. The van der Waals surface area contributed by atoms with Gasteiger partial charge in [0.05, 0.1) is 5.92 Å². The SMILES string of the molecule is O=C(NCCc1ccccc1F)[C@H]1CC(=O)N(Cc2ccncc2)C1. The van der Waals surface area contributed by atoms with Crippen LogP contribution in [0, 0.1) is 11.7 Å². The van der Waals surface area contributed by atoms with Crippen LogP contribution in [0.1, 0.15) is 17.5 Å². The second-order valence-electron chi connectivity index (χ2n) is 6.16. The first-order valence-corrected chi connectivity index (χ1v) is 8.31. The summed E-state index contributed by atoms with van der Waals surface area (Å²) in [6.07, 6.45) is 4.02. The lowest BCUT2D eigenvalue weighted by atomic mass is 10.1. The van der Waals surface area contributed by atoms with Gasteiger partial charge in [-0.25, -0.2) is 4.39 Å². The van der Waals surface area contributed by atoms with Crippen LogP contribution in [0.3, 0.4) is 0 Å². The molecule has 1 N–H and O–H groups in total. The summed E-state index contributed by atoms with van der Waals surface area (Å²) in [5, 5.41) is 2.81. The van der Waals surface area contributed by atoms with E-state index in [0.717, 1.165) is 5.56 Å². The Bertz CT molecular complexity index is 751. The van der Waals surface area contributed by atoms with Gasteiger partial charge in [-0.15, -0.1) is 0 Å². The Balaban J connectivity index is 1.48. The molecule has 1 atom stereocenters. The van der Waals surface area contributed by atoms with Gasteiger partial charge in [-0.1, -0.05) is 18.2 Å². The van der Waals surface area contributed by atoms with Crippen molar-refractivity contribution in [3.63, 3.8) is 0 Å². The van der Waals surface area contributed by atoms with Crippen molar-refractivity contribution in [1.82, 2.24) is 15.2 Å². The maximum atomic E-state index is 13.6. The van der Waals surface area contributed by atoms with E-state index in [1.54, 1.807) is 35.5 Å². The van der Waals surface area contributed by atoms with Crippen molar-refractivity contribution in [2.24, 2.45) is 5.92 Å². The zero-order valence-electron chi connectivity index (χ0n) is 13.8. The lowest BCUT2D eigenvalue weighted by molar-refractivity contribution is -0.129. The lowest BCUT2D eigenvalue weighted by Gasteiger charge is -2.16. The fourth-order valence-electron chi connectivity index (χ4n) is 2.98. The summed E-state index contributed by atoms with van der Waals surface area (Å²) in [6.45, 7) is 1.25. The van der Waals surface area contributed by atoms with E-state index >= 15 is 0 Å². The van der Waals surface area contributed by atoms with Gasteiger partial charge in [-0.3, -0.25) is 14.6 Å². The number of nitrogens with one attached hydrogen (secondary N) is 1. The molecular weight excluding hydrogens is 321 g/mol. The van der Waals surface area contributed by atoms with E-state index < -0.39 is 0 Å². The third-order valence-corrected chi connectivity index (χ3v) is 4.36. The number of halogens is 1. The van der Waals surface area contributed by atoms with Crippen molar-refractivity contribution in [3.05, 3.63) is 65.7 Å². The highest BCUT2D eigenvalue weighted by molar-refractivity contribution is 5.89. The Morgan fingerprint density at radius 2 is 2.00 bits per heavy atom. The van der Waals surface area contributed by atoms with Gasteiger partial charge >= 0.3 is 0 Å².